The highest BCUT2D eigenvalue weighted by Crippen LogP contribution is 2.36. The summed E-state index contributed by atoms with van der Waals surface area (Å²) in [6, 6.07) is 6.94. The molecule has 0 radical (unpaired) electrons. The van der Waals surface area contributed by atoms with Crippen LogP contribution in [0.25, 0.3) is 0 Å². The summed E-state index contributed by atoms with van der Waals surface area (Å²) in [6.07, 6.45) is 5.27. The Morgan fingerprint density at radius 3 is 2.62 bits per heavy atom. The maximum atomic E-state index is 12.9. The van der Waals surface area contributed by atoms with Gasteiger partial charge in [-0.2, -0.15) is 0 Å². The van der Waals surface area contributed by atoms with E-state index in [-0.39, 0.29) is 18.0 Å². The summed E-state index contributed by atoms with van der Waals surface area (Å²) in [5.74, 6) is -0.433. The van der Waals surface area contributed by atoms with E-state index in [0.29, 0.717) is 0 Å². The number of para-hydroxylation sites is 2. The third-order valence-electron chi connectivity index (χ3n) is 4.93. The molecule has 1 N–H and O–H groups in total. The van der Waals surface area contributed by atoms with Crippen molar-refractivity contribution in [2.45, 2.75) is 70.6 Å². The number of anilines is 2. The van der Waals surface area contributed by atoms with E-state index in [1.165, 1.54) is 6.42 Å². The van der Waals surface area contributed by atoms with Gasteiger partial charge in [0.1, 0.15) is 17.7 Å². The van der Waals surface area contributed by atoms with Crippen molar-refractivity contribution >= 4 is 23.3 Å². The number of rotatable bonds is 3. The molecule has 5 heteroatoms. The zero-order chi connectivity index (χ0) is 17.3. The Kier molecular flexibility index (Phi) is 4.52. The number of nitrogens with one attached hydrogen (secondary N) is 1. The molecule has 0 saturated heterocycles. The number of nitrogens with zero attached hydrogens (tertiary/aromatic N) is 1. The lowest BCUT2D eigenvalue weighted by atomic mass is 9.96. The van der Waals surface area contributed by atoms with Gasteiger partial charge in [0.15, 0.2) is 0 Å². The first-order chi connectivity index (χ1) is 11.4. The zero-order valence-corrected chi connectivity index (χ0v) is 14.7. The molecule has 5 nitrogen and oxygen atoms in total. The van der Waals surface area contributed by atoms with Gasteiger partial charge in [-0.15, -0.1) is 0 Å². The van der Waals surface area contributed by atoms with Gasteiger partial charge in [0, 0.05) is 0 Å². The van der Waals surface area contributed by atoms with Gasteiger partial charge in [-0.1, -0.05) is 18.6 Å². The Morgan fingerprint density at radius 1 is 1.25 bits per heavy atom. The molecule has 0 bridgehead atoms. The molecule has 1 heterocycles. The molecule has 0 aromatic heterocycles. The summed E-state index contributed by atoms with van der Waals surface area (Å²) in [5, 5.41) is 3.25. The van der Waals surface area contributed by atoms with Crippen molar-refractivity contribution in [2.75, 3.05) is 10.2 Å². The topological polar surface area (TPSA) is 58.6 Å². The lowest BCUT2D eigenvalue weighted by Gasteiger charge is -2.42. The van der Waals surface area contributed by atoms with Crippen LogP contribution in [-0.4, -0.2) is 29.6 Å². The molecule has 3 rings (SSSR count). The fourth-order valence-corrected chi connectivity index (χ4v) is 3.53. The fraction of sp³-hybridized carbons (Fsp3) is 0.579. The van der Waals surface area contributed by atoms with E-state index in [4.69, 9.17) is 4.74 Å². The molecule has 1 aliphatic heterocycles. The fourth-order valence-electron chi connectivity index (χ4n) is 3.53. The summed E-state index contributed by atoms with van der Waals surface area (Å²) < 4.78 is 5.68. The first-order valence-electron chi connectivity index (χ1n) is 8.81. The average molecular weight is 330 g/mol. The highest BCUT2D eigenvalue weighted by molar-refractivity contribution is 6.10. The summed E-state index contributed by atoms with van der Waals surface area (Å²) in [6.45, 7) is 5.41. The number of hydrogen-bond acceptors (Lipinski definition) is 4. The van der Waals surface area contributed by atoms with Crippen LogP contribution in [0, 0.1) is 0 Å². The molecular formula is C19H26N2O3. The lowest BCUT2D eigenvalue weighted by molar-refractivity contribution is -0.152. The lowest BCUT2D eigenvalue weighted by Crippen LogP contribution is -2.58. The number of hydrogen-bond donors (Lipinski definition) is 1. The van der Waals surface area contributed by atoms with E-state index in [2.05, 4.69) is 5.32 Å². The van der Waals surface area contributed by atoms with E-state index < -0.39 is 11.6 Å². The van der Waals surface area contributed by atoms with E-state index in [0.717, 1.165) is 37.1 Å². The Balaban J connectivity index is 1.83. The molecule has 1 saturated carbocycles. The molecule has 0 spiro atoms. The van der Waals surface area contributed by atoms with Crippen LogP contribution < -0.4 is 10.2 Å². The Bertz CT molecular complexity index is 635. The molecule has 2 aliphatic rings. The second-order valence-corrected chi connectivity index (χ2v) is 7.32. The minimum atomic E-state index is -0.756. The van der Waals surface area contributed by atoms with E-state index in [1.54, 1.807) is 11.8 Å². The smallest absolute Gasteiger partial charge is 0.329 e. The van der Waals surface area contributed by atoms with Gasteiger partial charge < -0.3 is 10.1 Å². The van der Waals surface area contributed by atoms with E-state index >= 15 is 0 Å². The first-order valence-corrected chi connectivity index (χ1v) is 8.81. The minimum absolute atomic E-state index is 0.00466. The molecule has 1 aromatic carbocycles. The number of ether oxygens (including phenoxy) is 1. The van der Waals surface area contributed by atoms with Crippen LogP contribution in [0.2, 0.25) is 0 Å². The molecule has 1 atom stereocenters. The molecule has 1 fully saturated rings. The van der Waals surface area contributed by atoms with Gasteiger partial charge >= 0.3 is 5.97 Å². The molecule has 130 valence electrons. The van der Waals surface area contributed by atoms with Crippen LogP contribution in [0.5, 0.6) is 0 Å². The van der Waals surface area contributed by atoms with Crippen LogP contribution in [0.1, 0.15) is 52.9 Å². The largest absolute Gasteiger partial charge is 0.461 e. The summed E-state index contributed by atoms with van der Waals surface area (Å²) in [4.78, 5) is 27.1. The third kappa shape index (κ3) is 3.12. The number of carbonyl (C=O) groups is 2. The quantitative estimate of drug-likeness (QED) is 0.862. The number of benzene rings is 1. The number of esters is 1. The second-order valence-electron chi connectivity index (χ2n) is 7.32. The molecular weight excluding hydrogens is 304 g/mol. The van der Waals surface area contributed by atoms with Crippen LogP contribution in [0.15, 0.2) is 24.3 Å². The van der Waals surface area contributed by atoms with Crippen molar-refractivity contribution in [3.05, 3.63) is 24.3 Å². The van der Waals surface area contributed by atoms with Gasteiger partial charge in [-0.05, 0) is 58.6 Å². The molecule has 1 unspecified atom stereocenters. The summed E-state index contributed by atoms with van der Waals surface area (Å²) in [5.41, 5.74) is 0.836. The minimum Gasteiger partial charge on any atom is -0.461 e. The average Bonchev–Trinajstić information content (AvgIpc) is 2.56. The Labute approximate surface area is 143 Å². The van der Waals surface area contributed by atoms with Crippen LogP contribution in [0.4, 0.5) is 11.4 Å². The zero-order valence-electron chi connectivity index (χ0n) is 14.7. The SMILES string of the molecule is CC(C(=O)OC1CCCCC1)N1C(=O)C(C)(C)Nc2ccccc21. The number of carbonyl (C=O) groups excluding carboxylic acids is 2. The van der Waals surface area contributed by atoms with Crippen LogP contribution in [-0.2, 0) is 14.3 Å². The summed E-state index contributed by atoms with van der Waals surface area (Å²) >= 11 is 0. The maximum absolute atomic E-state index is 12.9. The monoisotopic (exact) mass is 330 g/mol. The van der Waals surface area contributed by atoms with Crippen molar-refractivity contribution < 1.29 is 14.3 Å². The van der Waals surface area contributed by atoms with Crippen molar-refractivity contribution in [1.82, 2.24) is 0 Å². The highest BCUT2D eigenvalue weighted by Gasteiger charge is 2.43. The molecule has 1 aromatic rings. The Morgan fingerprint density at radius 2 is 1.92 bits per heavy atom. The highest BCUT2D eigenvalue weighted by atomic mass is 16.5. The van der Waals surface area contributed by atoms with Crippen LogP contribution >= 0.6 is 0 Å². The van der Waals surface area contributed by atoms with Gasteiger partial charge in [0.25, 0.3) is 5.91 Å². The maximum Gasteiger partial charge on any atom is 0.329 e. The van der Waals surface area contributed by atoms with E-state index in [1.807, 2.05) is 38.1 Å². The number of fused-ring (bicyclic) bond motifs is 1. The van der Waals surface area contributed by atoms with Gasteiger partial charge in [-0.3, -0.25) is 9.69 Å². The van der Waals surface area contributed by atoms with Gasteiger partial charge in [-0.25, -0.2) is 4.79 Å². The normalized spacial score (nSPS) is 21.6. The van der Waals surface area contributed by atoms with Crippen molar-refractivity contribution in [3.8, 4) is 0 Å². The predicted octanol–water partition coefficient (Wildman–Crippen LogP) is 3.49. The second kappa shape index (κ2) is 6.46. The van der Waals surface area contributed by atoms with Crippen molar-refractivity contribution in [2.24, 2.45) is 0 Å². The molecule has 1 amide bonds. The molecule has 1 aliphatic carbocycles. The van der Waals surface area contributed by atoms with Crippen LogP contribution in [0.3, 0.4) is 0 Å². The number of amides is 1. The molecule has 24 heavy (non-hydrogen) atoms. The standard InChI is InChI=1S/C19H26N2O3/c1-13(17(22)24-14-9-5-4-6-10-14)21-16-12-8-7-11-15(16)20-19(2,3)18(21)23/h7-8,11-14,20H,4-6,9-10H2,1-3H3. The Hall–Kier alpha value is -2.04. The van der Waals surface area contributed by atoms with Crippen molar-refractivity contribution in [3.63, 3.8) is 0 Å². The van der Waals surface area contributed by atoms with E-state index in [9.17, 15) is 9.59 Å². The van der Waals surface area contributed by atoms with Crippen molar-refractivity contribution in [1.29, 1.82) is 0 Å². The van der Waals surface area contributed by atoms with Gasteiger partial charge in [0.2, 0.25) is 0 Å². The predicted molar refractivity (Wildman–Crippen MR) is 94.1 cm³/mol. The first kappa shape index (κ1) is 16.8. The van der Waals surface area contributed by atoms with Gasteiger partial charge in [0.05, 0.1) is 11.4 Å². The third-order valence-corrected chi connectivity index (χ3v) is 4.93. The summed E-state index contributed by atoms with van der Waals surface area (Å²) in [7, 11) is 0.